The number of benzene rings is 3. The summed E-state index contributed by atoms with van der Waals surface area (Å²) < 4.78 is 6.86. The first-order valence-electron chi connectivity index (χ1n) is 10.1. The average molecular weight is 405 g/mol. The standard InChI is InChI=1S/C27H25OS.Li/c1-2-12-25-19-20-26(29-25)21-28-27(22-13-6-3-7-14-22,23-15-8-4-9-16-23)24-17-10-5-11-18-24;/h3-11,13-18,20H,2,12,21H2,1H3;/q-1;+1. The first-order valence-corrected chi connectivity index (χ1v) is 10.9. The Kier molecular flexibility index (Phi) is 8.14. The molecule has 3 aromatic carbocycles. The Labute approximate surface area is 195 Å². The third-order valence-electron chi connectivity index (χ3n) is 5.10. The van der Waals surface area contributed by atoms with Crippen LogP contribution in [0, 0.1) is 6.07 Å². The molecule has 0 radical (unpaired) electrons. The van der Waals surface area contributed by atoms with Gasteiger partial charge >= 0.3 is 18.9 Å². The molecule has 0 bridgehead atoms. The largest absolute Gasteiger partial charge is 1.00 e. The van der Waals surface area contributed by atoms with E-state index in [4.69, 9.17) is 4.74 Å². The van der Waals surface area contributed by atoms with Crippen LogP contribution in [-0.4, -0.2) is 0 Å². The van der Waals surface area contributed by atoms with Gasteiger partial charge in [0.2, 0.25) is 0 Å². The van der Waals surface area contributed by atoms with Gasteiger partial charge in [0.25, 0.3) is 0 Å². The van der Waals surface area contributed by atoms with Gasteiger partial charge in [-0.05, 0) is 23.1 Å². The zero-order chi connectivity index (χ0) is 19.9. The second-order valence-corrected chi connectivity index (χ2v) is 8.32. The molecule has 0 saturated heterocycles. The molecule has 1 aromatic heterocycles. The Bertz CT molecular complexity index is 916. The molecule has 1 heterocycles. The number of thiophene rings is 1. The fraction of sp³-hybridized carbons (Fsp3) is 0.185. The number of rotatable bonds is 8. The number of aryl methyl sites for hydroxylation is 1. The summed E-state index contributed by atoms with van der Waals surface area (Å²) in [5.74, 6) is 0. The van der Waals surface area contributed by atoms with Crippen molar-refractivity contribution in [1.82, 2.24) is 0 Å². The zero-order valence-electron chi connectivity index (χ0n) is 17.7. The van der Waals surface area contributed by atoms with E-state index in [9.17, 15) is 0 Å². The van der Waals surface area contributed by atoms with Gasteiger partial charge in [-0.2, -0.15) is 0 Å². The Balaban J connectivity index is 0.00000256. The van der Waals surface area contributed by atoms with E-state index < -0.39 is 5.60 Å². The van der Waals surface area contributed by atoms with Crippen molar-refractivity contribution in [3.63, 3.8) is 0 Å². The van der Waals surface area contributed by atoms with Crippen molar-refractivity contribution in [1.29, 1.82) is 0 Å². The molecule has 0 fully saturated rings. The van der Waals surface area contributed by atoms with E-state index in [1.807, 2.05) is 0 Å². The van der Waals surface area contributed by atoms with Gasteiger partial charge in [-0.1, -0.05) is 104 Å². The van der Waals surface area contributed by atoms with Crippen molar-refractivity contribution < 1.29 is 23.6 Å². The van der Waals surface area contributed by atoms with Crippen molar-refractivity contribution in [2.45, 2.75) is 32.0 Å². The molecule has 1 nitrogen and oxygen atoms in total. The van der Waals surface area contributed by atoms with E-state index in [1.54, 1.807) is 11.3 Å². The molecule has 4 rings (SSSR count). The molecule has 146 valence electrons. The van der Waals surface area contributed by atoms with E-state index in [0.29, 0.717) is 6.61 Å². The van der Waals surface area contributed by atoms with Gasteiger partial charge in [0.15, 0.2) is 0 Å². The van der Waals surface area contributed by atoms with Crippen molar-refractivity contribution in [3.05, 3.63) is 130 Å². The minimum atomic E-state index is -0.668. The summed E-state index contributed by atoms with van der Waals surface area (Å²) in [6, 6.07) is 37.1. The van der Waals surface area contributed by atoms with Crippen molar-refractivity contribution in [2.24, 2.45) is 0 Å². The van der Waals surface area contributed by atoms with Crippen LogP contribution >= 0.6 is 11.3 Å². The fourth-order valence-corrected chi connectivity index (χ4v) is 4.72. The first-order chi connectivity index (χ1) is 14.3. The summed E-state index contributed by atoms with van der Waals surface area (Å²) >= 11 is 1.80. The predicted octanol–water partition coefficient (Wildman–Crippen LogP) is 4.01. The molecule has 0 aliphatic carbocycles. The quantitative estimate of drug-likeness (QED) is 0.245. The number of ether oxygens (including phenoxy) is 1. The topological polar surface area (TPSA) is 9.23 Å². The van der Waals surface area contributed by atoms with Crippen molar-refractivity contribution in [2.75, 3.05) is 0 Å². The smallest absolute Gasteiger partial charge is 0.373 e. The third-order valence-corrected chi connectivity index (χ3v) is 6.16. The molecule has 0 aliphatic heterocycles. The van der Waals surface area contributed by atoms with E-state index in [1.165, 1.54) is 9.75 Å². The van der Waals surface area contributed by atoms with Crippen LogP contribution in [0.3, 0.4) is 0 Å². The number of hydrogen-bond donors (Lipinski definition) is 0. The fourth-order valence-electron chi connectivity index (χ4n) is 3.75. The molecule has 0 saturated carbocycles. The van der Waals surface area contributed by atoms with Gasteiger partial charge in [0, 0.05) is 6.61 Å². The summed E-state index contributed by atoms with van der Waals surface area (Å²) in [5.41, 5.74) is 2.73. The molecule has 0 spiro atoms. The summed E-state index contributed by atoms with van der Waals surface area (Å²) in [6.45, 7) is 2.75. The molecule has 0 unspecified atom stereocenters. The first kappa shape index (κ1) is 22.6. The SMILES string of the molecule is CCCc1[c-]cc(COC(c2ccccc2)(c2ccccc2)c2ccccc2)s1.[Li+]. The Hall–Kier alpha value is -2.08. The van der Waals surface area contributed by atoms with E-state index in [2.05, 4.69) is 110 Å². The zero-order valence-corrected chi connectivity index (χ0v) is 18.5. The molecule has 0 amide bonds. The van der Waals surface area contributed by atoms with Crippen LogP contribution in [0.4, 0.5) is 0 Å². The van der Waals surface area contributed by atoms with E-state index >= 15 is 0 Å². The minimum absolute atomic E-state index is 0. The summed E-state index contributed by atoms with van der Waals surface area (Å²) in [4.78, 5) is 2.51. The van der Waals surface area contributed by atoms with Gasteiger partial charge in [-0.25, -0.2) is 12.1 Å². The van der Waals surface area contributed by atoms with Crippen LogP contribution in [0.15, 0.2) is 97.1 Å². The van der Waals surface area contributed by atoms with Crippen LogP contribution in [0.5, 0.6) is 0 Å². The summed E-state index contributed by atoms with van der Waals surface area (Å²) in [5, 5.41) is 0. The normalized spacial score (nSPS) is 11.1. The molecular formula is C27H25LiOS. The predicted molar refractivity (Wildman–Crippen MR) is 121 cm³/mol. The molecule has 4 aromatic rings. The minimum Gasteiger partial charge on any atom is -0.373 e. The second-order valence-electron chi connectivity index (χ2n) is 7.10. The average Bonchev–Trinajstić information content (AvgIpc) is 3.24. The van der Waals surface area contributed by atoms with Gasteiger partial charge in [0.05, 0.1) is 0 Å². The van der Waals surface area contributed by atoms with Gasteiger partial charge in [0.1, 0.15) is 5.60 Å². The molecule has 30 heavy (non-hydrogen) atoms. The van der Waals surface area contributed by atoms with Crippen molar-refractivity contribution in [3.8, 4) is 0 Å². The third kappa shape index (κ3) is 4.80. The van der Waals surface area contributed by atoms with Gasteiger partial charge < -0.3 is 4.74 Å². The second kappa shape index (κ2) is 10.8. The summed E-state index contributed by atoms with van der Waals surface area (Å²) in [6.07, 6.45) is 2.21. The van der Waals surface area contributed by atoms with Crippen LogP contribution in [0.25, 0.3) is 0 Å². The molecular weight excluding hydrogens is 379 g/mol. The number of hydrogen-bond acceptors (Lipinski definition) is 2. The Morgan fingerprint density at radius 3 is 1.67 bits per heavy atom. The van der Waals surface area contributed by atoms with Gasteiger partial charge in [-0.15, -0.1) is 9.75 Å². The van der Waals surface area contributed by atoms with E-state index in [0.717, 1.165) is 29.5 Å². The Morgan fingerprint density at radius 2 is 1.23 bits per heavy atom. The van der Waals surface area contributed by atoms with Crippen molar-refractivity contribution >= 4 is 11.3 Å². The molecule has 3 heteroatoms. The Morgan fingerprint density at radius 1 is 0.767 bits per heavy atom. The maximum atomic E-state index is 6.86. The van der Waals surface area contributed by atoms with Crippen LogP contribution in [0.2, 0.25) is 0 Å². The molecule has 0 atom stereocenters. The van der Waals surface area contributed by atoms with Crippen LogP contribution in [0.1, 0.15) is 39.8 Å². The maximum Gasteiger partial charge on any atom is 1.00 e. The van der Waals surface area contributed by atoms with E-state index in [-0.39, 0.29) is 18.9 Å². The summed E-state index contributed by atoms with van der Waals surface area (Å²) in [7, 11) is 0. The maximum absolute atomic E-state index is 6.86. The van der Waals surface area contributed by atoms with Gasteiger partial charge in [-0.3, -0.25) is 11.3 Å². The van der Waals surface area contributed by atoms with Crippen LogP contribution in [-0.2, 0) is 23.4 Å². The molecule has 0 N–H and O–H groups in total. The molecule has 0 aliphatic rings. The monoisotopic (exact) mass is 404 g/mol. The van der Waals surface area contributed by atoms with Crippen LogP contribution < -0.4 is 18.9 Å².